The van der Waals surface area contributed by atoms with Crippen molar-refractivity contribution in [2.45, 2.75) is 108 Å². The van der Waals surface area contributed by atoms with E-state index in [0.717, 1.165) is 43.0 Å². The van der Waals surface area contributed by atoms with Gasteiger partial charge in [0.25, 0.3) is 5.92 Å². The molecule has 7 nitrogen and oxygen atoms in total. The van der Waals surface area contributed by atoms with Crippen LogP contribution in [0.2, 0.25) is 0 Å². The molecule has 1 aromatic carbocycles. The quantitative estimate of drug-likeness (QED) is 0.530. The standard InChI is InChI=1S/C29H42F2N6O/c1-19(2)27-34-33-20(3)37(27)24-16-22-10-11-23(17-24)36(22)15-13-25(21-8-6-5-7-9-21)32-28(38)26-12-14-29(30,31)18-35(26)4/h5-9,19,22-26H,10-18H2,1-4H3,(H,32,38)/t22-,23+,24?,25?,26-/m0/s1. The second kappa shape index (κ2) is 11.0. The van der Waals surface area contributed by atoms with Gasteiger partial charge in [-0.3, -0.25) is 14.6 Å². The fourth-order valence-electron chi connectivity index (χ4n) is 7.06. The van der Waals surface area contributed by atoms with Crippen molar-refractivity contribution in [2.24, 2.45) is 0 Å². The molecule has 38 heavy (non-hydrogen) atoms. The maximum Gasteiger partial charge on any atom is 0.260 e. The van der Waals surface area contributed by atoms with Crippen LogP contribution in [0.3, 0.4) is 0 Å². The summed E-state index contributed by atoms with van der Waals surface area (Å²) in [6, 6.07) is 10.8. The highest BCUT2D eigenvalue weighted by atomic mass is 19.3. The fraction of sp³-hybridized carbons (Fsp3) is 0.690. The van der Waals surface area contributed by atoms with E-state index in [1.807, 2.05) is 30.3 Å². The number of benzene rings is 1. The SMILES string of the molecule is Cc1nnc(C(C)C)n1C1C[C@H]2CC[C@@H](C1)N2CCC(NC(=O)[C@@H]1CCC(F)(F)CN1C)c1ccccc1. The molecular formula is C29H42F2N6O. The summed E-state index contributed by atoms with van der Waals surface area (Å²) < 4.78 is 30.1. The third kappa shape index (κ3) is 5.64. The van der Waals surface area contributed by atoms with Crippen LogP contribution in [0.15, 0.2) is 30.3 Å². The Balaban J connectivity index is 1.25. The van der Waals surface area contributed by atoms with E-state index in [9.17, 15) is 13.6 Å². The number of aromatic nitrogens is 3. The minimum Gasteiger partial charge on any atom is -0.348 e. The molecule has 9 heteroatoms. The maximum absolute atomic E-state index is 13.8. The topological polar surface area (TPSA) is 66.3 Å². The molecule has 2 bridgehead atoms. The van der Waals surface area contributed by atoms with Gasteiger partial charge in [-0.2, -0.15) is 0 Å². The molecule has 4 heterocycles. The average Bonchev–Trinajstić information content (AvgIpc) is 3.37. The number of piperidine rings is 2. The van der Waals surface area contributed by atoms with E-state index in [0.29, 0.717) is 24.0 Å². The molecule has 0 radical (unpaired) electrons. The van der Waals surface area contributed by atoms with E-state index in [2.05, 4.69) is 45.8 Å². The molecule has 208 valence electrons. The minimum absolute atomic E-state index is 0.149. The predicted molar refractivity (Wildman–Crippen MR) is 143 cm³/mol. The number of halogens is 2. The lowest BCUT2D eigenvalue weighted by Gasteiger charge is -2.41. The smallest absolute Gasteiger partial charge is 0.260 e. The lowest BCUT2D eigenvalue weighted by Crippen LogP contribution is -2.53. The predicted octanol–water partition coefficient (Wildman–Crippen LogP) is 4.85. The Bertz CT molecular complexity index is 1090. The molecule has 3 saturated heterocycles. The number of hydrogen-bond donors (Lipinski definition) is 1. The first-order valence-corrected chi connectivity index (χ1v) is 14.2. The van der Waals surface area contributed by atoms with Gasteiger partial charge in [-0.05, 0) is 58.1 Å². The Morgan fingerprint density at radius 2 is 1.76 bits per heavy atom. The van der Waals surface area contributed by atoms with Crippen molar-refractivity contribution in [2.75, 3.05) is 20.1 Å². The van der Waals surface area contributed by atoms with Gasteiger partial charge in [0.1, 0.15) is 11.6 Å². The van der Waals surface area contributed by atoms with Crippen LogP contribution >= 0.6 is 0 Å². The first-order valence-electron chi connectivity index (χ1n) is 14.2. The van der Waals surface area contributed by atoms with Crippen molar-refractivity contribution >= 4 is 5.91 Å². The number of aryl methyl sites for hydroxylation is 1. The molecule has 0 spiro atoms. The highest BCUT2D eigenvalue weighted by Crippen LogP contribution is 2.42. The van der Waals surface area contributed by atoms with Crippen molar-refractivity contribution < 1.29 is 13.6 Å². The summed E-state index contributed by atoms with van der Waals surface area (Å²) in [4.78, 5) is 17.4. The summed E-state index contributed by atoms with van der Waals surface area (Å²) in [5.41, 5.74) is 1.06. The monoisotopic (exact) mass is 528 g/mol. The number of rotatable bonds is 8. The van der Waals surface area contributed by atoms with E-state index < -0.39 is 12.0 Å². The zero-order valence-electron chi connectivity index (χ0n) is 23.1. The molecule has 2 unspecified atom stereocenters. The molecule has 0 saturated carbocycles. The number of fused-ring (bicyclic) bond motifs is 2. The van der Waals surface area contributed by atoms with Crippen molar-refractivity contribution in [3.05, 3.63) is 47.5 Å². The minimum atomic E-state index is -2.73. The molecule has 5 rings (SSSR count). The van der Waals surface area contributed by atoms with Gasteiger partial charge in [0.05, 0.1) is 18.6 Å². The largest absolute Gasteiger partial charge is 0.348 e. The third-order valence-electron chi connectivity index (χ3n) is 8.93. The first kappa shape index (κ1) is 27.2. The summed E-state index contributed by atoms with van der Waals surface area (Å²) in [6.45, 7) is 6.95. The maximum atomic E-state index is 13.8. The zero-order chi connectivity index (χ0) is 27.0. The number of carbonyl (C=O) groups is 1. The number of nitrogens with zero attached hydrogens (tertiary/aromatic N) is 5. The molecule has 3 aliphatic rings. The van der Waals surface area contributed by atoms with E-state index in [-0.39, 0.29) is 31.3 Å². The van der Waals surface area contributed by atoms with Gasteiger partial charge in [0.15, 0.2) is 0 Å². The fourth-order valence-corrected chi connectivity index (χ4v) is 7.06. The number of likely N-dealkylation sites (N-methyl/N-ethyl adjacent to an activating group) is 1. The van der Waals surface area contributed by atoms with E-state index in [1.165, 1.54) is 17.7 Å². The van der Waals surface area contributed by atoms with Crippen molar-refractivity contribution in [1.82, 2.24) is 29.9 Å². The van der Waals surface area contributed by atoms with Crippen molar-refractivity contribution in [1.29, 1.82) is 0 Å². The molecule has 1 N–H and O–H groups in total. The van der Waals surface area contributed by atoms with Crippen molar-refractivity contribution in [3.63, 3.8) is 0 Å². The van der Waals surface area contributed by atoms with Gasteiger partial charge in [0, 0.05) is 37.0 Å². The van der Waals surface area contributed by atoms with Gasteiger partial charge in [0.2, 0.25) is 5.91 Å². The van der Waals surface area contributed by atoms with Gasteiger partial charge in [-0.15, -0.1) is 10.2 Å². The Morgan fingerprint density at radius 3 is 2.39 bits per heavy atom. The van der Waals surface area contributed by atoms with Crippen LogP contribution in [-0.2, 0) is 4.79 Å². The summed E-state index contributed by atoms with van der Waals surface area (Å²) in [5.74, 6) is -0.447. The highest BCUT2D eigenvalue weighted by Gasteiger charge is 2.43. The summed E-state index contributed by atoms with van der Waals surface area (Å²) in [5, 5.41) is 12.1. The summed E-state index contributed by atoms with van der Waals surface area (Å²) in [6.07, 6.45) is 5.31. The van der Waals surface area contributed by atoms with Crippen LogP contribution in [0.4, 0.5) is 8.78 Å². The normalized spacial score (nSPS) is 28.5. The second-order valence-electron chi connectivity index (χ2n) is 12.0. The molecular weight excluding hydrogens is 486 g/mol. The van der Waals surface area contributed by atoms with E-state index in [4.69, 9.17) is 0 Å². The summed E-state index contributed by atoms with van der Waals surface area (Å²) >= 11 is 0. The second-order valence-corrected chi connectivity index (χ2v) is 12.0. The van der Waals surface area contributed by atoms with E-state index in [1.54, 1.807) is 7.05 Å². The Hall–Kier alpha value is -2.39. The molecule has 3 aliphatic heterocycles. The number of nitrogens with one attached hydrogen (secondary N) is 1. The van der Waals surface area contributed by atoms with Gasteiger partial charge >= 0.3 is 0 Å². The average molecular weight is 529 g/mol. The lowest BCUT2D eigenvalue weighted by atomic mass is 9.94. The Labute approximate surface area is 225 Å². The molecule has 3 fully saturated rings. The zero-order valence-corrected chi connectivity index (χ0v) is 23.1. The molecule has 1 aromatic heterocycles. The van der Waals surface area contributed by atoms with Crippen LogP contribution in [0.5, 0.6) is 0 Å². The number of likely N-dealkylation sites (tertiary alicyclic amines) is 1. The van der Waals surface area contributed by atoms with Crippen LogP contribution in [0.25, 0.3) is 0 Å². The number of amides is 1. The number of hydrogen-bond acceptors (Lipinski definition) is 5. The number of carbonyl (C=O) groups excluding carboxylic acids is 1. The lowest BCUT2D eigenvalue weighted by molar-refractivity contribution is -0.134. The van der Waals surface area contributed by atoms with Crippen LogP contribution in [-0.4, -0.2) is 74.7 Å². The molecule has 1 amide bonds. The van der Waals surface area contributed by atoms with Crippen molar-refractivity contribution in [3.8, 4) is 0 Å². The molecule has 0 aliphatic carbocycles. The van der Waals surface area contributed by atoms with Gasteiger partial charge < -0.3 is 9.88 Å². The summed E-state index contributed by atoms with van der Waals surface area (Å²) in [7, 11) is 1.62. The van der Waals surface area contributed by atoms with Crippen LogP contribution in [0.1, 0.15) is 94.0 Å². The highest BCUT2D eigenvalue weighted by molar-refractivity contribution is 5.82. The Kier molecular flexibility index (Phi) is 7.87. The first-order chi connectivity index (χ1) is 18.1. The van der Waals surface area contributed by atoms with Gasteiger partial charge in [-0.1, -0.05) is 44.2 Å². The Morgan fingerprint density at radius 1 is 1.08 bits per heavy atom. The van der Waals surface area contributed by atoms with Gasteiger partial charge in [-0.25, -0.2) is 8.78 Å². The third-order valence-corrected chi connectivity index (χ3v) is 8.93. The van der Waals surface area contributed by atoms with Crippen LogP contribution < -0.4 is 5.32 Å². The van der Waals surface area contributed by atoms with Crippen LogP contribution in [0, 0.1) is 6.92 Å². The van der Waals surface area contributed by atoms with E-state index >= 15 is 0 Å². The molecule has 5 atom stereocenters. The number of alkyl halides is 2. The molecule has 2 aromatic rings.